The van der Waals surface area contributed by atoms with Gasteiger partial charge in [-0.3, -0.25) is 0 Å². The molecule has 90 valence electrons. The Hall–Kier alpha value is -0.870. The maximum absolute atomic E-state index is 9.46. The fourth-order valence-corrected chi connectivity index (χ4v) is 2.22. The summed E-state index contributed by atoms with van der Waals surface area (Å²) in [6.07, 6.45) is 8.13. The first-order valence-electron chi connectivity index (χ1n) is 6.09. The fraction of sp³-hybridized carbons (Fsp3) is 0.750. The van der Waals surface area contributed by atoms with E-state index < -0.39 is 5.54 Å². The van der Waals surface area contributed by atoms with Crippen LogP contribution in [0.15, 0.2) is 12.4 Å². The van der Waals surface area contributed by atoms with Crippen molar-refractivity contribution in [1.29, 1.82) is 0 Å². The lowest BCUT2D eigenvalue weighted by molar-refractivity contribution is 0.158. The Bertz CT molecular complexity index is 346. The van der Waals surface area contributed by atoms with Crippen LogP contribution in [0.3, 0.4) is 0 Å². The zero-order chi connectivity index (χ0) is 11.6. The van der Waals surface area contributed by atoms with E-state index in [0.29, 0.717) is 12.5 Å². The van der Waals surface area contributed by atoms with Gasteiger partial charge in [0.15, 0.2) is 0 Å². The van der Waals surface area contributed by atoms with Crippen molar-refractivity contribution in [2.75, 3.05) is 6.61 Å². The summed E-state index contributed by atoms with van der Waals surface area (Å²) in [6.45, 7) is 2.88. The summed E-state index contributed by atoms with van der Waals surface area (Å²) in [5, 5.41) is 9.46. The largest absolute Gasteiger partial charge is 0.394 e. The molecule has 1 fully saturated rings. The van der Waals surface area contributed by atoms with Gasteiger partial charge in [0.05, 0.1) is 12.1 Å². The summed E-state index contributed by atoms with van der Waals surface area (Å²) in [6, 6.07) is 0. The lowest BCUT2D eigenvalue weighted by Gasteiger charge is -2.28. The second-order valence-corrected chi connectivity index (χ2v) is 4.89. The lowest BCUT2D eigenvalue weighted by Crippen LogP contribution is -2.49. The molecule has 1 aliphatic rings. The normalized spacial score (nSPS) is 19.7. The van der Waals surface area contributed by atoms with E-state index in [4.69, 9.17) is 5.73 Å². The Morgan fingerprint density at radius 3 is 2.94 bits per heavy atom. The number of aliphatic hydroxyl groups excluding tert-OH is 1. The van der Waals surface area contributed by atoms with Gasteiger partial charge in [-0.05, 0) is 25.2 Å². The first-order valence-corrected chi connectivity index (χ1v) is 6.09. The molecule has 1 heterocycles. The monoisotopic (exact) mass is 223 g/mol. The number of nitrogens with zero attached hydrogens (tertiary/aromatic N) is 2. The Kier molecular flexibility index (Phi) is 3.30. The molecule has 1 aliphatic carbocycles. The summed E-state index contributed by atoms with van der Waals surface area (Å²) in [7, 11) is 0. The van der Waals surface area contributed by atoms with E-state index in [1.54, 1.807) is 0 Å². The second kappa shape index (κ2) is 4.55. The van der Waals surface area contributed by atoms with Crippen LogP contribution in [-0.4, -0.2) is 26.8 Å². The summed E-state index contributed by atoms with van der Waals surface area (Å²) in [5.41, 5.74) is 5.81. The lowest BCUT2D eigenvalue weighted by atomic mass is 9.95. The van der Waals surface area contributed by atoms with Crippen molar-refractivity contribution in [3.8, 4) is 0 Å². The number of rotatable bonds is 6. The van der Waals surface area contributed by atoms with Crippen molar-refractivity contribution in [3.05, 3.63) is 18.2 Å². The number of aryl methyl sites for hydroxylation is 1. The van der Waals surface area contributed by atoms with Crippen LogP contribution < -0.4 is 5.73 Å². The molecule has 0 spiro atoms. The van der Waals surface area contributed by atoms with Crippen molar-refractivity contribution in [3.63, 3.8) is 0 Å². The zero-order valence-electron chi connectivity index (χ0n) is 9.89. The quantitative estimate of drug-likeness (QED) is 0.754. The molecule has 1 atom stereocenters. The highest BCUT2D eigenvalue weighted by molar-refractivity contribution is 5.02. The molecule has 1 saturated carbocycles. The molecule has 0 saturated heterocycles. The van der Waals surface area contributed by atoms with Gasteiger partial charge < -0.3 is 15.4 Å². The first kappa shape index (κ1) is 11.6. The minimum Gasteiger partial charge on any atom is -0.394 e. The zero-order valence-corrected chi connectivity index (χ0v) is 9.89. The predicted octanol–water partition coefficient (Wildman–Crippen LogP) is 0.935. The van der Waals surface area contributed by atoms with Gasteiger partial charge >= 0.3 is 0 Å². The van der Waals surface area contributed by atoms with Gasteiger partial charge in [-0.15, -0.1) is 0 Å². The first-order chi connectivity index (χ1) is 7.69. The molecule has 3 N–H and O–H groups in total. The van der Waals surface area contributed by atoms with Gasteiger partial charge in [0.1, 0.15) is 5.82 Å². The van der Waals surface area contributed by atoms with E-state index in [9.17, 15) is 5.11 Å². The highest BCUT2D eigenvalue weighted by Gasteiger charge is 2.42. The topological polar surface area (TPSA) is 64.1 Å². The van der Waals surface area contributed by atoms with Crippen molar-refractivity contribution < 1.29 is 5.11 Å². The van der Waals surface area contributed by atoms with Gasteiger partial charge in [0.2, 0.25) is 0 Å². The number of aromatic nitrogens is 2. The van der Waals surface area contributed by atoms with Gasteiger partial charge in [-0.2, -0.15) is 0 Å². The van der Waals surface area contributed by atoms with Crippen LogP contribution in [0.2, 0.25) is 0 Å². The van der Waals surface area contributed by atoms with Crippen LogP contribution in [0.5, 0.6) is 0 Å². The molecule has 0 aromatic carbocycles. The van der Waals surface area contributed by atoms with Crippen molar-refractivity contribution in [2.45, 2.75) is 44.7 Å². The highest BCUT2D eigenvalue weighted by atomic mass is 16.3. The minimum absolute atomic E-state index is 0.0570. The molecule has 2 rings (SSSR count). The van der Waals surface area contributed by atoms with E-state index in [1.165, 1.54) is 0 Å². The molecule has 0 amide bonds. The number of imidazole rings is 1. The minimum atomic E-state index is -0.455. The van der Waals surface area contributed by atoms with Crippen molar-refractivity contribution >= 4 is 0 Å². The third kappa shape index (κ3) is 2.28. The van der Waals surface area contributed by atoms with Crippen LogP contribution in [-0.2, 0) is 13.0 Å². The van der Waals surface area contributed by atoms with E-state index in [0.717, 1.165) is 31.5 Å². The van der Waals surface area contributed by atoms with Crippen molar-refractivity contribution in [1.82, 2.24) is 9.55 Å². The summed E-state index contributed by atoms with van der Waals surface area (Å²) in [4.78, 5) is 4.33. The fourth-order valence-electron chi connectivity index (χ4n) is 2.22. The van der Waals surface area contributed by atoms with Gasteiger partial charge in [0, 0.05) is 25.4 Å². The molecular formula is C12H21N3O. The van der Waals surface area contributed by atoms with Gasteiger partial charge in [0.25, 0.3) is 0 Å². The third-order valence-corrected chi connectivity index (χ3v) is 3.42. The molecule has 1 unspecified atom stereocenters. The van der Waals surface area contributed by atoms with E-state index in [2.05, 4.69) is 16.5 Å². The maximum Gasteiger partial charge on any atom is 0.108 e. The maximum atomic E-state index is 9.46. The molecule has 1 aromatic rings. The highest BCUT2D eigenvalue weighted by Crippen LogP contribution is 2.39. The van der Waals surface area contributed by atoms with Gasteiger partial charge in [-0.25, -0.2) is 4.98 Å². The van der Waals surface area contributed by atoms with Crippen LogP contribution in [0, 0.1) is 5.92 Å². The number of nitrogens with two attached hydrogens (primary N) is 1. The van der Waals surface area contributed by atoms with Gasteiger partial charge in [-0.1, -0.05) is 6.92 Å². The third-order valence-electron chi connectivity index (χ3n) is 3.42. The van der Waals surface area contributed by atoms with Crippen LogP contribution in [0.4, 0.5) is 0 Å². The summed E-state index contributed by atoms with van der Waals surface area (Å²) < 4.78 is 2.10. The summed E-state index contributed by atoms with van der Waals surface area (Å²) >= 11 is 0. The van der Waals surface area contributed by atoms with E-state index in [-0.39, 0.29) is 6.61 Å². The van der Waals surface area contributed by atoms with Crippen LogP contribution >= 0.6 is 0 Å². The van der Waals surface area contributed by atoms with Crippen LogP contribution in [0.25, 0.3) is 0 Å². The standard InChI is InChI=1S/C12H21N3O/c1-2-3-11-14-6-7-15(11)8-12(13,9-16)10-4-5-10/h6-7,10,16H,2-5,8-9,13H2,1H3. The average Bonchev–Trinajstić information content (AvgIpc) is 3.05. The summed E-state index contributed by atoms with van der Waals surface area (Å²) in [5.74, 6) is 1.56. The number of hydrogen-bond acceptors (Lipinski definition) is 3. The van der Waals surface area contributed by atoms with Crippen molar-refractivity contribution in [2.24, 2.45) is 11.7 Å². The Morgan fingerprint density at radius 1 is 1.62 bits per heavy atom. The Balaban J connectivity index is 2.09. The molecule has 0 radical (unpaired) electrons. The van der Waals surface area contributed by atoms with E-state index >= 15 is 0 Å². The molecule has 0 bridgehead atoms. The Labute approximate surface area is 96.5 Å². The smallest absolute Gasteiger partial charge is 0.108 e. The van der Waals surface area contributed by atoms with E-state index in [1.807, 2.05) is 12.4 Å². The molecule has 0 aliphatic heterocycles. The molecular weight excluding hydrogens is 202 g/mol. The molecule has 4 nitrogen and oxygen atoms in total. The predicted molar refractivity (Wildman–Crippen MR) is 63.0 cm³/mol. The molecule has 1 aromatic heterocycles. The molecule has 4 heteroatoms. The number of hydrogen-bond donors (Lipinski definition) is 2. The number of aliphatic hydroxyl groups is 1. The average molecular weight is 223 g/mol. The molecule has 16 heavy (non-hydrogen) atoms. The SMILES string of the molecule is CCCc1nccn1CC(N)(CO)C1CC1. The Morgan fingerprint density at radius 2 is 2.38 bits per heavy atom. The second-order valence-electron chi connectivity index (χ2n) is 4.89. The van der Waals surface area contributed by atoms with Crippen LogP contribution in [0.1, 0.15) is 32.0 Å².